The number of likely N-dealkylation sites (tertiary alicyclic amines) is 1. The van der Waals surface area contributed by atoms with Crippen LogP contribution in [0, 0.1) is 11.3 Å². The van der Waals surface area contributed by atoms with Crippen molar-refractivity contribution in [3.05, 3.63) is 35.9 Å². The van der Waals surface area contributed by atoms with Crippen LogP contribution in [0.1, 0.15) is 39.2 Å². The zero-order chi connectivity index (χ0) is 21.7. The quantitative estimate of drug-likeness (QED) is 0.674. The Morgan fingerprint density at radius 3 is 2.70 bits per heavy atom. The molecule has 2 fully saturated rings. The highest BCUT2D eigenvalue weighted by Crippen LogP contribution is 2.39. The molecule has 2 aliphatic rings. The Morgan fingerprint density at radius 2 is 2.03 bits per heavy atom. The number of benzene rings is 1. The fraction of sp³-hybridized carbons (Fsp3) is 0.609. The number of amides is 3. The van der Waals surface area contributed by atoms with Gasteiger partial charge in [0.2, 0.25) is 17.7 Å². The van der Waals surface area contributed by atoms with Gasteiger partial charge in [0.05, 0.1) is 5.41 Å². The Balaban J connectivity index is 1.47. The number of carbonyl (C=O) groups is 3. The van der Waals surface area contributed by atoms with Crippen molar-refractivity contribution >= 4 is 17.7 Å². The molecular weight excluding hydrogens is 380 g/mol. The molecule has 2 aliphatic heterocycles. The van der Waals surface area contributed by atoms with Gasteiger partial charge in [-0.25, -0.2) is 0 Å². The van der Waals surface area contributed by atoms with Crippen molar-refractivity contribution < 1.29 is 14.4 Å². The van der Waals surface area contributed by atoms with Gasteiger partial charge in [-0.1, -0.05) is 51.1 Å². The maximum atomic E-state index is 12.7. The molecule has 164 valence electrons. The lowest BCUT2D eigenvalue weighted by Crippen LogP contribution is -2.44. The first-order valence-corrected chi connectivity index (χ1v) is 11.0. The largest absolute Gasteiger partial charge is 0.353 e. The molecule has 2 N–H and O–H groups in total. The molecule has 0 aliphatic carbocycles. The van der Waals surface area contributed by atoms with Crippen LogP contribution in [0.4, 0.5) is 0 Å². The maximum Gasteiger partial charge on any atom is 0.242 e. The van der Waals surface area contributed by atoms with Gasteiger partial charge in [0.15, 0.2) is 0 Å². The first-order chi connectivity index (χ1) is 14.3. The van der Waals surface area contributed by atoms with E-state index in [2.05, 4.69) is 34.6 Å². The van der Waals surface area contributed by atoms with Gasteiger partial charge in [-0.3, -0.25) is 19.3 Å². The monoisotopic (exact) mass is 414 g/mol. The number of nitrogens with zero attached hydrogens (tertiary/aromatic N) is 2. The number of hydrogen-bond acceptors (Lipinski definition) is 4. The van der Waals surface area contributed by atoms with Gasteiger partial charge in [-0.15, -0.1) is 0 Å². The van der Waals surface area contributed by atoms with Crippen molar-refractivity contribution in [2.75, 3.05) is 32.7 Å². The van der Waals surface area contributed by atoms with E-state index in [4.69, 9.17) is 0 Å². The van der Waals surface area contributed by atoms with E-state index in [9.17, 15) is 14.4 Å². The third-order valence-corrected chi connectivity index (χ3v) is 6.28. The van der Waals surface area contributed by atoms with E-state index in [-0.39, 0.29) is 23.6 Å². The normalized spacial score (nSPS) is 23.4. The molecule has 2 saturated heterocycles. The minimum atomic E-state index is -0.616. The molecule has 1 aromatic carbocycles. The summed E-state index contributed by atoms with van der Waals surface area (Å²) < 4.78 is 0. The maximum absolute atomic E-state index is 12.7. The lowest BCUT2D eigenvalue weighted by atomic mass is 9.84. The van der Waals surface area contributed by atoms with Gasteiger partial charge < -0.3 is 15.5 Å². The van der Waals surface area contributed by atoms with Crippen LogP contribution in [-0.4, -0.2) is 66.3 Å². The van der Waals surface area contributed by atoms with Crippen LogP contribution >= 0.6 is 0 Å². The van der Waals surface area contributed by atoms with Gasteiger partial charge in [0.25, 0.3) is 0 Å². The molecule has 30 heavy (non-hydrogen) atoms. The molecule has 3 rings (SSSR count). The third-order valence-electron chi connectivity index (χ3n) is 6.28. The lowest BCUT2D eigenvalue weighted by molar-refractivity contribution is -0.134. The molecular formula is C23H34N4O3. The Morgan fingerprint density at radius 1 is 1.30 bits per heavy atom. The van der Waals surface area contributed by atoms with Crippen molar-refractivity contribution in [1.82, 2.24) is 20.4 Å². The third kappa shape index (κ3) is 5.01. The number of rotatable bonds is 8. The Hall–Kier alpha value is -2.41. The summed E-state index contributed by atoms with van der Waals surface area (Å²) in [6.07, 6.45) is 1.09. The summed E-state index contributed by atoms with van der Waals surface area (Å²) >= 11 is 0. The predicted octanol–water partition coefficient (Wildman–Crippen LogP) is 1.39. The first-order valence-electron chi connectivity index (χ1n) is 11.0. The van der Waals surface area contributed by atoms with E-state index >= 15 is 0 Å². The van der Waals surface area contributed by atoms with Crippen LogP contribution in [0.25, 0.3) is 0 Å². The van der Waals surface area contributed by atoms with Gasteiger partial charge in [-0.05, 0) is 24.9 Å². The summed E-state index contributed by atoms with van der Waals surface area (Å²) in [6.45, 7) is 9.88. The topological polar surface area (TPSA) is 81.8 Å². The minimum Gasteiger partial charge on any atom is -0.353 e. The van der Waals surface area contributed by atoms with Crippen LogP contribution in [0.3, 0.4) is 0 Å². The highest BCUT2D eigenvalue weighted by Gasteiger charge is 2.53. The summed E-state index contributed by atoms with van der Waals surface area (Å²) in [5.41, 5.74) is 0.632. The van der Waals surface area contributed by atoms with Crippen LogP contribution in [0.5, 0.6) is 0 Å². The molecule has 0 unspecified atom stereocenters. The number of likely N-dealkylation sites (N-methyl/N-ethyl adjacent to an activating group) is 1. The molecule has 1 spiro atoms. The molecule has 0 bridgehead atoms. The van der Waals surface area contributed by atoms with Crippen LogP contribution in [0.15, 0.2) is 30.3 Å². The van der Waals surface area contributed by atoms with E-state index < -0.39 is 11.5 Å². The smallest absolute Gasteiger partial charge is 0.242 e. The molecule has 3 amide bonds. The van der Waals surface area contributed by atoms with Crippen molar-refractivity contribution in [2.24, 2.45) is 11.3 Å². The van der Waals surface area contributed by atoms with E-state index in [1.807, 2.05) is 32.0 Å². The Kier molecular flexibility index (Phi) is 7.13. The zero-order valence-corrected chi connectivity index (χ0v) is 18.3. The zero-order valence-electron chi connectivity index (χ0n) is 18.3. The number of carbonyl (C=O) groups excluding carboxylic acids is 3. The predicted molar refractivity (Wildman–Crippen MR) is 115 cm³/mol. The molecule has 2 heterocycles. The average molecular weight is 415 g/mol. The van der Waals surface area contributed by atoms with E-state index in [0.29, 0.717) is 32.5 Å². The van der Waals surface area contributed by atoms with Gasteiger partial charge in [0, 0.05) is 38.6 Å². The summed E-state index contributed by atoms with van der Waals surface area (Å²) in [4.78, 5) is 41.6. The highest BCUT2D eigenvalue weighted by atomic mass is 16.2. The van der Waals surface area contributed by atoms with Crippen molar-refractivity contribution in [1.29, 1.82) is 0 Å². The summed E-state index contributed by atoms with van der Waals surface area (Å²) in [5.74, 6) is -0.239. The fourth-order valence-electron chi connectivity index (χ4n) is 4.43. The molecule has 0 radical (unpaired) electrons. The van der Waals surface area contributed by atoms with Crippen molar-refractivity contribution in [3.63, 3.8) is 0 Å². The molecule has 7 nitrogen and oxygen atoms in total. The molecule has 0 saturated carbocycles. The van der Waals surface area contributed by atoms with Crippen molar-refractivity contribution in [3.8, 4) is 0 Å². The molecule has 1 aromatic rings. The van der Waals surface area contributed by atoms with E-state index in [1.54, 1.807) is 4.90 Å². The van der Waals surface area contributed by atoms with E-state index in [0.717, 1.165) is 19.6 Å². The van der Waals surface area contributed by atoms with E-state index in [1.165, 1.54) is 5.56 Å². The Bertz CT molecular complexity index is 767. The average Bonchev–Trinajstić information content (AvgIpc) is 3.31. The van der Waals surface area contributed by atoms with Gasteiger partial charge in [0.1, 0.15) is 6.04 Å². The lowest BCUT2D eigenvalue weighted by Gasteiger charge is -2.23. The minimum absolute atomic E-state index is 0.0747. The van der Waals surface area contributed by atoms with Crippen LogP contribution < -0.4 is 10.6 Å². The second kappa shape index (κ2) is 9.60. The highest BCUT2D eigenvalue weighted by molar-refractivity contribution is 5.95. The van der Waals surface area contributed by atoms with Gasteiger partial charge in [-0.2, -0.15) is 0 Å². The summed E-state index contributed by atoms with van der Waals surface area (Å²) in [7, 11) is 0. The fourth-order valence-corrected chi connectivity index (χ4v) is 4.43. The Labute approximate surface area is 179 Å². The van der Waals surface area contributed by atoms with Crippen LogP contribution in [0.2, 0.25) is 0 Å². The van der Waals surface area contributed by atoms with Crippen LogP contribution in [-0.2, 0) is 20.9 Å². The molecule has 0 aromatic heterocycles. The SMILES string of the molecule is CCN(CCNC(=O)[C@@H]1C[C@@]2(CCN(C(=O)C(C)C)C2)C(=O)N1)Cc1ccccc1. The van der Waals surface area contributed by atoms with Gasteiger partial charge >= 0.3 is 0 Å². The first kappa shape index (κ1) is 22.3. The molecule has 2 atom stereocenters. The number of hydrogen-bond donors (Lipinski definition) is 2. The summed E-state index contributed by atoms with van der Waals surface area (Å²) in [6, 6.07) is 9.75. The second-order valence-electron chi connectivity index (χ2n) is 8.82. The number of nitrogens with one attached hydrogen (secondary N) is 2. The summed E-state index contributed by atoms with van der Waals surface area (Å²) in [5, 5.41) is 5.84. The second-order valence-corrected chi connectivity index (χ2v) is 8.82. The van der Waals surface area contributed by atoms with Crippen molar-refractivity contribution in [2.45, 2.75) is 46.2 Å². The molecule has 7 heteroatoms. The standard InChI is InChI=1S/C23H34N4O3/c1-4-26(15-18-8-6-5-7-9-18)13-11-24-20(28)19-14-23(22(30)25-19)10-12-27(16-23)21(29)17(2)3/h5-9,17,19H,4,10-16H2,1-3H3,(H,24,28)(H,25,30)/t19-,23+/m0/s1.